The van der Waals surface area contributed by atoms with Gasteiger partial charge >= 0.3 is 0 Å². The van der Waals surface area contributed by atoms with Crippen molar-refractivity contribution in [2.75, 3.05) is 13.1 Å². The maximum Gasteiger partial charge on any atom is 0.225 e. The SMILES string of the molecule is O=C(C1CCCC1)N1CC[C@H](c2cc(COc3ccc(Cl)cc3)[nH]n2)C1. The predicted molar refractivity (Wildman–Crippen MR) is 100 cm³/mol. The highest BCUT2D eigenvalue weighted by molar-refractivity contribution is 6.30. The number of likely N-dealkylation sites (tertiary alicyclic amines) is 1. The molecule has 1 N–H and O–H groups in total. The maximum absolute atomic E-state index is 12.6. The number of nitrogens with zero attached hydrogens (tertiary/aromatic N) is 2. The Balaban J connectivity index is 1.31. The molecule has 0 bridgehead atoms. The Morgan fingerprint density at radius 1 is 1.23 bits per heavy atom. The molecule has 138 valence electrons. The van der Waals surface area contributed by atoms with Crippen LogP contribution < -0.4 is 4.74 Å². The van der Waals surface area contributed by atoms with Gasteiger partial charge < -0.3 is 9.64 Å². The number of carbonyl (C=O) groups is 1. The van der Waals surface area contributed by atoms with Gasteiger partial charge in [-0.25, -0.2) is 0 Å². The molecule has 1 aromatic heterocycles. The van der Waals surface area contributed by atoms with Crippen molar-refractivity contribution in [2.24, 2.45) is 5.92 Å². The molecule has 1 saturated heterocycles. The molecule has 1 amide bonds. The van der Waals surface area contributed by atoms with Gasteiger partial charge in [0, 0.05) is 29.9 Å². The molecule has 1 atom stereocenters. The molecule has 0 radical (unpaired) electrons. The Bertz CT molecular complexity index is 753. The molecule has 5 nitrogen and oxygen atoms in total. The van der Waals surface area contributed by atoms with Crippen LogP contribution in [0.2, 0.25) is 5.02 Å². The second-order valence-corrected chi connectivity index (χ2v) is 7.75. The highest BCUT2D eigenvalue weighted by atomic mass is 35.5. The number of aromatic amines is 1. The molecular weight excluding hydrogens is 350 g/mol. The Morgan fingerprint density at radius 2 is 2.00 bits per heavy atom. The Labute approximate surface area is 158 Å². The second kappa shape index (κ2) is 7.70. The van der Waals surface area contributed by atoms with Gasteiger partial charge in [0.05, 0.1) is 11.4 Å². The van der Waals surface area contributed by atoms with Crippen molar-refractivity contribution in [1.82, 2.24) is 15.1 Å². The van der Waals surface area contributed by atoms with E-state index in [0.717, 1.165) is 49.5 Å². The molecule has 2 heterocycles. The van der Waals surface area contributed by atoms with Gasteiger partial charge in [-0.15, -0.1) is 0 Å². The summed E-state index contributed by atoms with van der Waals surface area (Å²) in [5.74, 6) is 1.71. The molecule has 1 aromatic carbocycles. The zero-order valence-electron chi connectivity index (χ0n) is 14.8. The Morgan fingerprint density at radius 3 is 2.77 bits per heavy atom. The molecule has 6 heteroatoms. The van der Waals surface area contributed by atoms with Crippen molar-refractivity contribution < 1.29 is 9.53 Å². The number of amides is 1. The van der Waals surface area contributed by atoms with Crippen LogP contribution in [0.4, 0.5) is 0 Å². The van der Waals surface area contributed by atoms with Gasteiger partial charge in [0.1, 0.15) is 12.4 Å². The van der Waals surface area contributed by atoms with E-state index in [1.807, 2.05) is 29.2 Å². The lowest BCUT2D eigenvalue weighted by Gasteiger charge is -2.20. The summed E-state index contributed by atoms with van der Waals surface area (Å²) < 4.78 is 5.76. The topological polar surface area (TPSA) is 58.2 Å². The summed E-state index contributed by atoms with van der Waals surface area (Å²) in [4.78, 5) is 14.6. The predicted octanol–water partition coefficient (Wildman–Crippen LogP) is 4.15. The van der Waals surface area contributed by atoms with E-state index in [1.54, 1.807) is 0 Å². The van der Waals surface area contributed by atoms with E-state index < -0.39 is 0 Å². The van der Waals surface area contributed by atoms with Crippen LogP contribution in [0.15, 0.2) is 30.3 Å². The molecule has 0 spiro atoms. The number of aromatic nitrogens is 2. The molecule has 1 saturated carbocycles. The number of nitrogens with one attached hydrogen (secondary N) is 1. The fourth-order valence-electron chi connectivity index (χ4n) is 3.99. The van der Waals surface area contributed by atoms with Crippen molar-refractivity contribution in [3.05, 3.63) is 46.7 Å². The van der Waals surface area contributed by atoms with Crippen LogP contribution in [0.3, 0.4) is 0 Å². The Hall–Kier alpha value is -2.01. The normalized spacial score (nSPS) is 20.7. The third kappa shape index (κ3) is 3.88. The molecule has 4 rings (SSSR count). The standard InChI is InChI=1S/C20H24ClN3O2/c21-16-5-7-18(8-6-16)26-13-17-11-19(23-22-17)15-9-10-24(12-15)20(25)14-3-1-2-4-14/h5-8,11,14-15H,1-4,9-10,12-13H2,(H,22,23)/t15-/m0/s1. The lowest BCUT2D eigenvalue weighted by atomic mass is 10.0. The first-order chi connectivity index (χ1) is 12.7. The lowest BCUT2D eigenvalue weighted by Crippen LogP contribution is -2.33. The van der Waals surface area contributed by atoms with E-state index in [-0.39, 0.29) is 5.92 Å². The smallest absolute Gasteiger partial charge is 0.225 e. The highest BCUT2D eigenvalue weighted by Crippen LogP contribution is 2.31. The monoisotopic (exact) mass is 373 g/mol. The van der Waals surface area contributed by atoms with Crippen LogP contribution in [-0.2, 0) is 11.4 Å². The second-order valence-electron chi connectivity index (χ2n) is 7.31. The first-order valence-electron chi connectivity index (χ1n) is 9.40. The van der Waals surface area contributed by atoms with E-state index in [4.69, 9.17) is 16.3 Å². The molecule has 2 aromatic rings. The first-order valence-corrected chi connectivity index (χ1v) is 9.78. The lowest BCUT2D eigenvalue weighted by molar-refractivity contribution is -0.134. The molecule has 1 aliphatic heterocycles. The van der Waals surface area contributed by atoms with Crippen LogP contribution in [0.1, 0.15) is 49.4 Å². The van der Waals surface area contributed by atoms with Crippen molar-refractivity contribution in [2.45, 2.75) is 44.6 Å². The summed E-state index contributed by atoms with van der Waals surface area (Å²) in [6.45, 7) is 2.08. The van der Waals surface area contributed by atoms with Crippen LogP contribution in [0.5, 0.6) is 5.75 Å². The largest absolute Gasteiger partial charge is 0.487 e. The van der Waals surface area contributed by atoms with Crippen molar-refractivity contribution in [3.8, 4) is 5.75 Å². The van der Waals surface area contributed by atoms with E-state index in [1.165, 1.54) is 12.8 Å². The van der Waals surface area contributed by atoms with Crippen molar-refractivity contribution in [1.29, 1.82) is 0 Å². The van der Waals surface area contributed by atoms with Crippen LogP contribution in [-0.4, -0.2) is 34.1 Å². The molecule has 2 fully saturated rings. The van der Waals surface area contributed by atoms with Crippen LogP contribution >= 0.6 is 11.6 Å². The highest BCUT2D eigenvalue weighted by Gasteiger charge is 2.33. The minimum absolute atomic E-state index is 0.260. The quantitative estimate of drug-likeness (QED) is 0.856. The van der Waals surface area contributed by atoms with E-state index in [0.29, 0.717) is 23.5 Å². The number of halogens is 1. The van der Waals surface area contributed by atoms with Gasteiger partial charge in [0.2, 0.25) is 5.91 Å². The minimum Gasteiger partial charge on any atom is -0.487 e. The number of carbonyl (C=O) groups excluding carboxylic acids is 1. The summed E-state index contributed by atoms with van der Waals surface area (Å²) in [5, 5.41) is 8.20. The molecule has 2 aliphatic rings. The van der Waals surface area contributed by atoms with Gasteiger partial charge in [0.25, 0.3) is 0 Å². The summed E-state index contributed by atoms with van der Waals surface area (Å²) in [7, 11) is 0. The van der Waals surface area contributed by atoms with E-state index >= 15 is 0 Å². The fraction of sp³-hybridized carbons (Fsp3) is 0.500. The number of benzene rings is 1. The molecule has 0 unspecified atom stereocenters. The average molecular weight is 374 g/mol. The number of hydrogen-bond donors (Lipinski definition) is 1. The molecule has 26 heavy (non-hydrogen) atoms. The van der Waals surface area contributed by atoms with Crippen molar-refractivity contribution >= 4 is 17.5 Å². The van der Waals surface area contributed by atoms with Gasteiger partial charge in [0.15, 0.2) is 0 Å². The van der Waals surface area contributed by atoms with Gasteiger partial charge in [-0.05, 0) is 49.6 Å². The first kappa shape index (κ1) is 17.4. The minimum atomic E-state index is 0.260. The van der Waals surface area contributed by atoms with E-state index in [9.17, 15) is 4.79 Å². The van der Waals surface area contributed by atoms with E-state index in [2.05, 4.69) is 16.3 Å². The Kier molecular flexibility index (Phi) is 5.16. The fourth-order valence-corrected chi connectivity index (χ4v) is 4.11. The zero-order valence-corrected chi connectivity index (χ0v) is 15.5. The number of hydrogen-bond acceptors (Lipinski definition) is 3. The van der Waals surface area contributed by atoms with Gasteiger partial charge in [-0.1, -0.05) is 24.4 Å². The zero-order chi connectivity index (χ0) is 17.9. The number of H-pyrrole nitrogens is 1. The molecular formula is C20H24ClN3O2. The number of ether oxygens (including phenoxy) is 1. The number of rotatable bonds is 5. The molecule has 1 aliphatic carbocycles. The maximum atomic E-state index is 12.6. The third-order valence-electron chi connectivity index (χ3n) is 5.48. The third-order valence-corrected chi connectivity index (χ3v) is 5.73. The van der Waals surface area contributed by atoms with Crippen LogP contribution in [0, 0.1) is 5.92 Å². The summed E-state index contributed by atoms with van der Waals surface area (Å²) >= 11 is 5.88. The van der Waals surface area contributed by atoms with Gasteiger partial charge in [-0.3, -0.25) is 9.89 Å². The summed E-state index contributed by atoms with van der Waals surface area (Å²) in [6, 6.07) is 9.38. The average Bonchev–Trinajstić information content (AvgIpc) is 3.41. The summed E-state index contributed by atoms with van der Waals surface area (Å²) in [6.07, 6.45) is 5.51. The summed E-state index contributed by atoms with van der Waals surface area (Å²) in [5.41, 5.74) is 1.97. The van der Waals surface area contributed by atoms with Gasteiger partial charge in [-0.2, -0.15) is 5.10 Å². The van der Waals surface area contributed by atoms with Crippen molar-refractivity contribution in [3.63, 3.8) is 0 Å². The van der Waals surface area contributed by atoms with Crippen LogP contribution in [0.25, 0.3) is 0 Å².